The Morgan fingerprint density at radius 3 is 2.48 bits per heavy atom. The number of hydrogen-bond acceptors (Lipinski definition) is 5. The molecule has 27 heavy (non-hydrogen) atoms. The predicted octanol–water partition coefficient (Wildman–Crippen LogP) is 1.25. The van der Waals surface area contributed by atoms with Crippen LogP contribution in [0.25, 0.3) is 5.78 Å². The van der Waals surface area contributed by atoms with Crippen LogP contribution in [0.2, 0.25) is 0 Å². The molecule has 1 saturated heterocycles. The standard InChI is InChI=1S/C19H24N6OS/c1-14-12-15(2)25-18(20-14)21-19(27)24(25)13-22-8-10-23(11-9-22)16-4-6-17(26-3)7-5-16/h4-7,12H,8-11,13H2,1-3H3/p+1. The smallest absolute Gasteiger partial charge is 0.252 e. The molecule has 0 atom stereocenters. The van der Waals surface area contributed by atoms with Gasteiger partial charge in [0.05, 0.1) is 33.3 Å². The fourth-order valence-electron chi connectivity index (χ4n) is 3.74. The highest BCUT2D eigenvalue weighted by Crippen LogP contribution is 2.19. The van der Waals surface area contributed by atoms with E-state index in [1.165, 1.54) is 10.6 Å². The van der Waals surface area contributed by atoms with Gasteiger partial charge in [-0.3, -0.25) is 0 Å². The average molecular weight is 386 g/mol. The number of quaternary nitrogens is 1. The minimum absolute atomic E-state index is 0.598. The number of aromatic nitrogens is 4. The molecule has 142 valence electrons. The highest BCUT2D eigenvalue weighted by atomic mass is 32.1. The Morgan fingerprint density at radius 1 is 1.11 bits per heavy atom. The molecule has 0 saturated carbocycles. The van der Waals surface area contributed by atoms with Crippen LogP contribution in [-0.4, -0.2) is 52.5 Å². The fraction of sp³-hybridized carbons (Fsp3) is 0.421. The van der Waals surface area contributed by atoms with E-state index in [9.17, 15) is 0 Å². The van der Waals surface area contributed by atoms with Crippen LogP contribution in [-0.2, 0) is 6.67 Å². The number of anilines is 1. The molecule has 2 aromatic heterocycles. The van der Waals surface area contributed by atoms with Crippen molar-refractivity contribution < 1.29 is 9.64 Å². The van der Waals surface area contributed by atoms with E-state index in [2.05, 4.69) is 44.7 Å². The van der Waals surface area contributed by atoms with Gasteiger partial charge in [-0.25, -0.2) is 14.2 Å². The van der Waals surface area contributed by atoms with E-state index in [4.69, 9.17) is 17.0 Å². The molecular formula is C19H25N6OS+. The molecule has 1 fully saturated rings. The van der Waals surface area contributed by atoms with Gasteiger partial charge in [0.15, 0.2) is 6.67 Å². The van der Waals surface area contributed by atoms with Crippen LogP contribution in [0.5, 0.6) is 5.75 Å². The van der Waals surface area contributed by atoms with Crippen molar-refractivity contribution in [1.29, 1.82) is 0 Å². The maximum Gasteiger partial charge on any atom is 0.252 e. The molecule has 1 aliphatic rings. The lowest BCUT2D eigenvalue weighted by molar-refractivity contribution is -0.924. The largest absolute Gasteiger partial charge is 0.497 e. The lowest BCUT2D eigenvalue weighted by atomic mass is 10.2. The molecule has 4 rings (SSSR count). The summed E-state index contributed by atoms with van der Waals surface area (Å²) in [6.45, 7) is 9.01. The summed E-state index contributed by atoms with van der Waals surface area (Å²) in [5, 5.41) is 0. The van der Waals surface area contributed by atoms with Gasteiger partial charge >= 0.3 is 0 Å². The maximum atomic E-state index is 5.50. The molecule has 0 spiro atoms. The van der Waals surface area contributed by atoms with Gasteiger partial charge in [0.25, 0.3) is 5.78 Å². The molecule has 0 amide bonds. The Hall–Kier alpha value is -2.45. The molecule has 1 aliphatic heterocycles. The van der Waals surface area contributed by atoms with Gasteiger partial charge in [-0.1, -0.05) is 0 Å². The van der Waals surface area contributed by atoms with E-state index in [0.717, 1.165) is 50.0 Å². The lowest BCUT2D eigenvalue weighted by Crippen LogP contribution is -3.14. The summed E-state index contributed by atoms with van der Waals surface area (Å²) in [6, 6.07) is 10.4. The summed E-state index contributed by atoms with van der Waals surface area (Å²) < 4.78 is 9.96. The van der Waals surface area contributed by atoms with E-state index in [1.54, 1.807) is 7.11 Å². The number of nitrogens with one attached hydrogen (secondary N) is 1. The van der Waals surface area contributed by atoms with Crippen molar-refractivity contribution in [3.05, 3.63) is 46.5 Å². The third kappa shape index (κ3) is 3.54. The second-order valence-corrected chi connectivity index (χ2v) is 7.40. The first-order valence-electron chi connectivity index (χ1n) is 9.21. The lowest BCUT2D eigenvalue weighted by Gasteiger charge is -2.33. The predicted molar refractivity (Wildman–Crippen MR) is 107 cm³/mol. The summed E-state index contributed by atoms with van der Waals surface area (Å²) in [5.41, 5.74) is 3.32. The van der Waals surface area contributed by atoms with Crippen LogP contribution in [0.1, 0.15) is 11.4 Å². The third-order valence-corrected chi connectivity index (χ3v) is 5.46. The Bertz CT molecular complexity index is 1000. The van der Waals surface area contributed by atoms with Gasteiger partial charge in [0, 0.05) is 17.1 Å². The normalized spacial score (nSPS) is 15.4. The van der Waals surface area contributed by atoms with Crippen molar-refractivity contribution in [3.63, 3.8) is 0 Å². The molecule has 7 nitrogen and oxygen atoms in total. The number of rotatable bonds is 4. The molecule has 3 heterocycles. The topological polar surface area (TPSA) is 52.0 Å². The first-order chi connectivity index (χ1) is 13.0. The van der Waals surface area contributed by atoms with E-state index in [-0.39, 0.29) is 0 Å². The molecule has 0 aliphatic carbocycles. The second kappa shape index (κ2) is 7.28. The van der Waals surface area contributed by atoms with Gasteiger partial charge in [-0.2, -0.15) is 4.98 Å². The van der Waals surface area contributed by atoms with E-state index >= 15 is 0 Å². The van der Waals surface area contributed by atoms with Gasteiger partial charge in [0.2, 0.25) is 4.77 Å². The molecule has 8 heteroatoms. The number of benzene rings is 1. The minimum atomic E-state index is 0.598. The van der Waals surface area contributed by atoms with Gasteiger partial charge in [-0.15, -0.1) is 0 Å². The van der Waals surface area contributed by atoms with Crippen LogP contribution in [0.15, 0.2) is 30.3 Å². The average Bonchev–Trinajstić information content (AvgIpc) is 2.97. The Labute approximate surface area is 163 Å². The highest BCUT2D eigenvalue weighted by Gasteiger charge is 2.22. The zero-order valence-electron chi connectivity index (χ0n) is 16.0. The maximum absolute atomic E-state index is 5.50. The molecule has 0 radical (unpaired) electrons. The van der Waals surface area contributed by atoms with Crippen LogP contribution in [0.4, 0.5) is 5.69 Å². The quantitative estimate of drug-likeness (QED) is 0.685. The van der Waals surface area contributed by atoms with Crippen molar-refractivity contribution in [2.45, 2.75) is 20.5 Å². The first kappa shape index (κ1) is 17.9. The number of nitrogens with zero attached hydrogens (tertiary/aromatic N) is 5. The summed E-state index contributed by atoms with van der Waals surface area (Å²) in [6.07, 6.45) is 0. The fourth-order valence-corrected chi connectivity index (χ4v) is 3.97. The number of piperazine rings is 1. The SMILES string of the molecule is COc1ccc(N2CC[NH+](Cn3c(=S)nc4nc(C)cc(C)n43)CC2)cc1. The zero-order valence-corrected chi connectivity index (χ0v) is 16.8. The van der Waals surface area contributed by atoms with Gasteiger partial charge in [-0.05, 0) is 56.4 Å². The zero-order chi connectivity index (χ0) is 19.0. The van der Waals surface area contributed by atoms with Crippen LogP contribution in [0, 0.1) is 18.6 Å². The monoisotopic (exact) mass is 385 g/mol. The van der Waals surface area contributed by atoms with Crippen molar-refractivity contribution in [3.8, 4) is 5.75 Å². The van der Waals surface area contributed by atoms with Crippen LogP contribution < -0.4 is 14.5 Å². The molecule has 0 unspecified atom stereocenters. The van der Waals surface area contributed by atoms with Gasteiger partial charge in [0.1, 0.15) is 5.75 Å². The first-order valence-corrected chi connectivity index (χ1v) is 9.62. The number of methoxy groups -OCH3 is 1. The van der Waals surface area contributed by atoms with Crippen molar-refractivity contribution in [2.75, 3.05) is 38.2 Å². The summed E-state index contributed by atoms with van der Waals surface area (Å²) in [4.78, 5) is 12.9. The van der Waals surface area contributed by atoms with E-state index in [0.29, 0.717) is 10.5 Å². The van der Waals surface area contributed by atoms with E-state index in [1.807, 2.05) is 23.6 Å². The minimum Gasteiger partial charge on any atom is -0.497 e. The summed E-state index contributed by atoms with van der Waals surface area (Å²) in [5.74, 6) is 1.58. The number of ether oxygens (including phenoxy) is 1. The third-order valence-electron chi connectivity index (χ3n) is 5.16. The van der Waals surface area contributed by atoms with Crippen LogP contribution in [0.3, 0.4) is 0 Å². The second-order valence-electron chi connectivity index (χ2n) is 7.04. The van der Waals surface area contributed by atoms with Crippen molar-refractivity contribution in [1.82, 2.24) is 19.2 Å². The molecule has 1 aromatic carbocycles. The molecule has 0 bridgehead atoms. The summed E-state index contributed by atoms with van der Waals surface area (Å²) in [7, 11) is 1.70. The number of hydrogen-bond donors (Lipinski definition) is 1. The van der Waals surface area contributed by atoms with Crippen LogP contribution >= 0.6 is 12.2 Å². The molecule has 1 N–H and O–H groups in total. The number of aryl methyl sites for hydroxylation is 2. The highest BCUT2D eigenvalue weighted by molar-refractivity contribution is 7.71. The Balaban J connectivity index is 1.47. The van der Waals surface area contributed by atoms with Gasteiger partial charge < -0.3 is 14.5 Å². The van der Waals surface area contributed by atoms with E-state index < -0.39 is 0 Å². The Kier molecular flexibility index (Phi) is 4.84. The summed E-state index contributed by atoms with van der Waals surface area (Å²) >= 11 is 5.50. The van der Waals surface area contributed by atoms with Crippen molar-refractivity contribution >= 4 is 23.7 Å². The Morgan fingerprint density at radius 2 is 1.81 bits per heavy atom. The molecule has 3 aromatic rings. The van der Waals surface area contributed by atoms with Crippen molar-refractivity contribution in [2.24, 2.45) is 0 Å². The molecular weight excluding hydrogens is 360 g/mol. The number of fused-ring (bicyclic) bond motifs is 1.